The summed E-state index contributed by atoms with van der Waals surface area (Å²) >= 11 is 1.29. The zero-order valence-electron chi connectivity index (χ0n) is 24.4. The molecule has 1 aliphatic rings. The molecular weight excluding hydrogens is 548 g/mol. The zero-order valence-corrected chi connectivity index (χ0v) is 25.2. The largest absolute Gasteiger partial charge is 0.491 e. The molecule has 4 aromatic rings. The molecule has 2 heterocycles. The van der Waals surface area contributed by atoms with Crippen molar-refractivity contribution in [3.8, 4) is 11.5 Å². The van der Waals surface area contributed by atoms with Crippen LogP contribution in [-0.2, 0) is 16.1 Å². The van der Waals surface area contributed by atoms with Crippen molar-refractivity contribution in [1.29, 1.82) is 0 Å². The van der Waals surface area contributed by atoms with Crippen LogP contribution < -0.4 is 24.4 Å². The number of nitrogens with zero attached hydrogens (tertiary/aromatic N) is 2. The van der Waals surface area contributed by atoms with Gasteiger partial charge in [0.1, 0.15) is 24.1 Å². The summed E-state index contributed by atoms with van der Waals surface area (Å²) in [5, 5.41) is 0. The van der Waals surface area contributed by atoms with Crippen LogP contribution in [-0.4, -0.2) is 23.2 Å². The maximum atomic E-state index is 14.0. The molecule has 8 heteroatoms. The number of fused-ring (bicyclic) bond motifs is 1. The first kappa shape index (κ1) is 29.1. The van der Waals surface area contributed by atoms with E-state index < -0.39 is 12.0 Å². The minimum Gasteiger partial charge on any atom is -0.491 e. The summed E-state index contributed by atoms with van der Waals surface area (Å²) in [7, 11) is 0. The fraction of sp³-hybridized carbons (Fsp3) is 0.265. The summed E-state index contributed by atoms with van der Waals surface area (Å²) in [5.41, 5.74) is 4.45. The van der Waals surface area contributed by atoms with E-state index in [4.69, 9.17) is 14.2 Å². The third-order valence-electron chi connectivity index (χ3n) is 6.76. The lowest BCUT2D eigenvalue weighted by molar-refractivity contribution is -0.139. The average molecular weight is 583 g/mol. The fourth-order valence-electron chi connectivity index (χ4n) is 4.93. The predicted molar refractivity (Wildman–Crippen MR) is 165 cm³/mol. The van der Waals surface area contributed by atoms with Gasteiger partial charge in [-0.2, -0.15) is 0 Å². The number of carbonyl (C=O) groups is 1. The molecule has 1 aliphatic heterocycles. The summed E-state index contributed by atoms with van der Waals surface area (Å²) in [5.74, 6) is 0.843. The Labute approximate surface area is 249 Å². The Hall–Kier alpha value is -4.43. The zero-order chi connectivity index (χ0) is 29.8. The van der Waals surface area contributed by atoms with Gasteiger partial charge in [-0.05, 0) is 70.0 Å². The van der Waals surface area contributed by atoms with Crippen LogP contribution in [0, 0.1) is 6.92 Å². The molecule has 42 heavy (non-hydrogen) atoms. The van der Waals surface area contributed by atoms with Crippen molar-refractivity contribution >= 4 is 23.4 Å². The minimum absolute atomic E-state index is 0.0955. The fourth-order valence-corrected chi connectivity index (χ4v) is 5.98. The van der Waals surface area contributed by atoms with E-state index in [1.807, 2.05) is 80.6 Å². The van der Waals surface area contributed by atoms with E-state index in [9.17, 15) is 9.59 Å². The van der Waals surface area contributed by atoms with Crippen LogP contribution in [0.1, 0.15) is 56.0 Å². The molecule has 0 radical (unpaired) electrons. The molecule has 1 atom stereocenters. The van der Waals surface area contributed by atoms with E-state index in [0.29, 0.717) is 38.5 Å². The molecule has 0 unspecified atom stereocenters. The van der Waals surface area contributed by atoms with Crippen molar-refractivity contribution < 1.29 is 19.0 Å². The highest BCUT2D eigenvalue weighted by atomic mass is 32.1. The van der Waals surface area contributed by atoms with Gasteiger partial charge in [0, 0.05) is 5.56 Å². The monoisotopic (exact) mass is 582 g/mol. The second-order valence-corrected chi connectivity index (χ2v) is 11.4. The first-order valence-corrected chi connectivity index (χ1v) is 14.8. The van der Waals surface area contributed by atoms with Crippen LogP contribution in [0.4, 0.5) is 0 Å². The lowest BCUT2D eigenvalue weighted by Gasteiger charge is -2.26. The SMILES string of the molecule is CCOC(=O)C1=C(C)N=c2s/c(=C/c3ccc(OCc4cccc(C)c4)cc3)c(=O)n2[C@H]1c1ccccc1OC(C)C. The highest BCUT2D eigenvalue weighted by molar-refractivity contribution is 7.07. The van der Waals surface area contributed by atoms with Crippen LogP contribution in [0.25, 0.3) is 6.08 Å². The van der Waals surface area contributed by atoms with Gasteiger partial charge in [0.25, 0.3) is 5.56 Å². The van der Waals surface area contributed by atoms with E-state index in [2.05, 4.69) is 24.0 Å². The molecule has 0 saturated carbocycles. The summed E-state index contributed by atoms with van der Waals surface area (Å²) in [6.07, 6.45) is 1.74. The standard InChI is InChI=1S/C34H34N2O5S/c1-6-39-33(38)30-23(5)35-34-36(31(30)27-12-7-8-13-28(27)41-21(2)3)32(37)29(42-34)19-24-14-16-26(17-15-24)40-20-25-11-9-10-22(4)18-25/h7-19,21,31H,6,20H2,1-5H3/b29-19+/t31-/m0/s1. The lowest BCUT2D eigenvalue weighted by Crippen LogP contribution is -2.40. The molecule has 0 bridgehead atoms. The Bertz CT molecular complexity index is 1820. The highest BCUT2D eigenvalue weighted by Crippen LogP contribution is 2.36. The summed E-state index contributed by atoms with van der Waals surface area (Å²) in [6.45, 7) is 10.2. The number of para-hydroxylation sites is 1. The average Bonchev–Trinajstić information content (AvgIpc) is 3.26. The number of benzene rings is 3. The molecule has 0 fully saturated rings. The van der Waals surface area contributed by atoms with E-state index in [-0.39, 0.29) is 18.3 Å². The number of esters is 1. The number of hydrogen-bond donors (Lipinski definition) is 0. The summed E-state index contributed by atoms with van der Waals surface area (Å²) in [4.78, 5) is 32.4. The minimum atomic E-state index is -0.741. The van der Waals surface area contributed by atoms with Crippen LogP contribution >= 0.6 is 11.3 Å². The summed E-state index contributed by atoms with van der Waals surface area (Å²) in [6, 6.07) is 22.6. The van der Waals surface area contributed by atoms with Gasteiger partial charge in [-0.15, -0.1) is 0 Å². The second-order valence-electron chi connectivity index (χ2n) is 10.4. The first-order valence-electron chi connectivity index (χ1n) is 14.0. The molecule has 0 N–H and O–H groups in total. The number of rotatable bonds is 9. The van der Waals surface area contributed by atoms with E-state index in [0.717, 1.165) is 16.9 Å². The van der Waals surface area contributed by atoms with Crippen LogP contribution in [0.2, 0.25) is 0 Å². The molecule has 3 aromatic carbocycles. The van der Waals surface area contributed by atoms with Crippen LogP contribution in [0.15, 0.2) is 93.9 Å². The number of hydrogen-bond acceptors (Lipinski definition) is 7. The maximum Gasteiger partial charge on any atom is 0.338 e. The van der Waals surface area contributed by atoms with Crippen molar-refractivity contribution in [2.45, 2.75) is 53.4 Å². The topological polar surface area (TPSA) is 79.1 Å². The Morgan fingerprint density at radius 3 is 2.52 bits per heavy atom. The Kier molecular flexibility index (Phi) is 8.73. The second kappa shape index (κ2) is 12.6. The first-order chi connectivity index (χ1) is 20.2. The number of allylic oxidation sites excluding steroid dienone is 1. The maximum absolute atomic E-state index is 14.0. The lowest BCUT2D eigenvalue weighted by atomic mass is 9.95. The number of carbonyl (C=O) groups excluding carboxylic acids is 1. The normalized spacial score (nSPS) is 14.9. The Morgan fingerprint density at radius 1 is 1.05 bits per heavy atom. The molecule has 0 saturated heterocycles. The van der Waals surface area contributed by atoms with Gasteiger partial charge in [-0.1, -0.05) is 71.5 Å². The van der Waals surface area contributed by atoms with Crippen molar-refractivity contribution in [3.05, 3.63) is 126 Å². The number of thiazole rings is 1. The van der Waals surface area contributed by atoms with Gasteiger partial charge in [0.15, 0.2) is 4.80 Å². The van der Waals surface area contributed by atoms with Gasteiger partial charge in [-0.25, -0.2) is 9.79 Å². The predicted octanol–water partition coefficient (Wildman–Crippen LogP) is 5.47. The molecule has 5 rings (SSSR count). The van der Waals surface area contributed by atoms with Crippen molar-refractivity contribution in [1.82, 2.24) is 4.57 Å². The third kappa shape index (κ3) is 6.24. The van der Waals surface area contributed by atoms with E-state index in [1.165, 1.54) is 16.9 Å². The molecule has 0 amide bonds. The molecular formula is C34H34N2O5S. The van der Waals surface area contributed by atoms with Gasteiger partial charge < -0.3 is 14.2 Å². The number of aryl methyl sites for hydroxylation is 1. The van der Waals surface area contributed by atoms with Crippen LogP contribution in [0.5, 0.6) is 11.5 Å². The summed E-state index contributed by atoms with van der Waals surface area (Å²) < 4.78 is 19.6. The Balaban J connectivity index is 1.53. The third-order valence-corrected chi connectivity index (χ3v) is 7.74. The molecule has 7 nitrogen and oxygen atoms in total. The van der Waals surface area contributed by atoms with Gasteiger partial charge in [-0.3, -0.25) is 9.36 Å². The van der Waals surface area contributed by atoms with Gasteiger partial charge >= 0.3 is 5.97 Å². The quantitative estimate of drug-likeness (QED) is 0.245. The van der Waals surface area contributed by atoms with Gasteiger partial charge in [0.2, 0.25) is 0 Å². The van der Waals surface area contributed by atoms with Crippen molar-refractivity contribution in [3.63, 3.8) is 0 Å². The van der Waals surface area contributed by atoms with Crippen LogP contribution in [0.3, 0.4) is 0 Å². The van der Waals surface area contributed by atoms with E-state index in [1.54, 1.807) is 18.4 Å². The number of aromatic nitrogens is 1. The smallest absolute Gasteiger partial charge is 0.338 e. The molecule has 1 aromatic heterocycles. The molecule has 0 spiro atoms. The molecule has 216 valence electrons. The van der Waals surface area contributed by atoms with Crippen molar-refractivity contribution in [2.24, 2.45) is 4.99 Å². The Morgan fingerprint density at radius 2 is 1.81 bits per heavy atom. The highest BCUT2D eigenvalue weighted by Gasteiger charge is 2.35. The van der Waals surface area contributed by atoms with Gasteiger partial charge in [0.05, 0.1) is 28.5 Å². The number of ether oxygens (including phenoxy) is 3. The van der Waals surface area contributed by atoms with Crippen molar-refractivity contribution in [2.75, 3.05) is 6.61 Å². The van der Waals surface area contributed by atoms with E-state index >= 15 is 0 Å². The molecule has 0 aliphatic carbocycles.